The predicted molar refractivity (Wildman–Crippen MR) is 117 cm³/mol. The topological polar surface area (TPSA) is 67.2 Å². The number of amides is 1. The molecule has 1 saturated heterocycles. The molecule has 6 heteroatoms. The maximum Gasteiger partial charge on any atom is 0.276 e. The van der Waals surface area contributed by atoms with Crippen LogP contribution in [-0.4, -0.2) is 28.8 Å². The van der Waals surface area contributed by atoms with Crippen LogP contribution in [-0.2, 0) is 0 Å². The Labute approximate surface area is 170 Å². The fourth-order valence-corrected chi connectivity index (χ4v) is 3.90. The van der Waals surface area contributed by atoms with Crippen molar-refractivity contribution in [1.29, 1.82) is 0 Å². The van der Waals surface area contributed by atoms with Crippen molar-refractivity contribution in [3.63, 3.8) is 0 Å². The van der Waals surface area contributed by atoms with Gasteiger partial charge < -0.3 is 10.2 Å². The molecule has 1 aromatic heterocycles. The zero-order chi connectivity index (χ0) is 20.4. The molecule has 0 bridgehead atoms. The molecule has 2 aromatic carbocycles. The van der Waals surface area contributed by atoms with Crippen LogP contribution in [0.1, 0.15) is 49.6 Å². The van der Waals surface area contributed by atoms with Gasteiger partial charge in [-0.15, -0.1) is 0 Å². The molecule has 0 atom stereocenters. The molecule has 1 aliphatic heterocycles. The second kappa shape index (κ2) is 8.07. The van der Waals surface area contributed by atoms with E-state index in [0.29, 0.717) is 10.8 Å². The first kappa shape index (κ1) is 19.2. The van der Waals surface area contributed by atoms with E-state index >= 15 is 0 Å². The van der Waals surface area contributed by atoms with Crippen LogP contribution in [0.4, 0.5) is 11.4 Å². The van der Waals surface area contributed by atoms with Crippen molar-refractivity contribution in [2.24, 2.45) is 0 Å². The number of fused-ring (bicyclic) bond motifs is 1. The molecule has 1 aliphatic rings. The molecule has 2 heterocycles. The molecule has 0 unspecified atom stereocenters. The second-order valence-corrected chi connectivity index (χ2v) is 7.76. The lowest BCUT2D eigenvalue weighted by atomic mass is 10.1. The Balaban J connectivity index is 1.74. The van der Waals surface area contributed by atoms with Crippen LogP contribution in [0.5, 0.6) is 0 Å². The average molecular weight is 390 g/mol. The van der Waals surface area contributed by atoms with Crippen molar-refractivity contribution in [2.45, 2.75) is 39.2 Å². The fourth-order valence-electron chi connectivity index (χ4n) is 3.90. The van der Waals surface area contributed by atoms with E-state index in [2.05, 4.69) is 15.3 Å². The molecule has 6 nitrogen and oxygen atoms in total. The van der Waals surface area contributed by atoms with E-state index in [4.69, 9.17) is 0 Å². The number of hydrogen-bond donors (Lipinski definition) is 1. The Kier molecular flexibility index (Phi) is 5.34. The molecule has 4 rings (SSSR count). The number of nitrogens with one attached hydrogen (secondary N) is 1. The molecule has 29 heavy (non-hydrogen) atoms. The summed E-state index contributed by atoms with van der Waals surface area (Å²) in [6, 6.07) is 14.9. The lowest BCUT2D eigenvalue weighted by Crippen LogP contribution is -2.31. The zero-order valence-corrected chi connectivity index (χ0v) is 16.9. The van der Waals surface area contributed by atoms with Crippen molar-refractivity contribution >= 4 is 28.1 Å². The average Bonchev–Trinajstić information content (AvgIpc) is 2.75. The molecule has 1 amide bonds. The molecule has 0 spiro atoms. The number of nitrogens with zero attached hydrogens (tertiary/aromatic N) is 3. The van der Waals surface area contributed by atoms with Crippen molar-refractivity contribution in [3.8, 4) is 0 Å². The summed E-state index contributed by atoms with van der Waals surface area (Å²) in [4.78, 5) is 28.3. The van der Waals surface area contributed by atoms with Gasteiger partial charge in [0.15, 0.2) is 5.69 Å². The number of carbonyl (C=O) groups excluding carboxylic acids is 1. The van der Waals surface area contributed by atoms with Gasteiger partial charge in [-0.2, -0.15) is 5.10 Å². The van der Waals surface area contributed by atoms with Gasteiger partial charge in [0.25, 0.3) is 11.5 Å². The van der Waals surface area contributed by atoms with E-state index in [1.54, 1.807) is 12.1 Å². The summed E-state index contributed by atoms with van der Waals surface area (Å²) in [5, 5.41) is 8.54. The number of rotatable bonds is 4. The number of benzene rings is 2. The summed E-state index contributed by atoms with van der Waals surface area (Å²) >= 11 is 0. The highest BCUT2D eigenvalue weighted by Crippen LogP contribution is 2.29. The number of hydrogen-bond acceptors (Lipinski definition) is 4. The van der Waals surface area contributed by atoms with Crippen LogP contribution in [0, 0.1) is 0 Å². The molecule has 0 saturated carbocycles. The van der Waals surface area contributed by atoms with Crippen LogP contribution in [0.3, 0.4) is 0 Å². The summed E-state index contributed by atoms with van der Waals surface area (Å²) in [6.45, 7) is 5.76. The van der Waals surface area contributed by atoms with Crippen molar-refractivity contribution in [1.82, 2.24) is 9.78 Å². The van der Waals surface area contributed by atoms with Gasteiger partial charge >= 0.3 is 0 Å². The summed E-state index contributed by atoms with van der Waals surface area (Å²) in [6.07, 6.45) is 3.57. The third-order valence-corrected chi connectivity index (χ3v) is 5.38. The molecule has 1 N–H and O–H groups in total. The number of piperidine rings is 1. The molecule has 0 aliphatic carbocycles. The Morgan fingerprint density at radius 2 is 1.62 bits per heavy atom. The van der Waals surface area contributed by atoms with E-state index in [1.807, 2.05) is 50.2 Å². The van der Waals surface area contributed by atoms with Crippen molar-refractivity contribution in [3.05, 3.63) is 64.6 Å². The minimum atomic E-state index is -0.306. The van der Waals surface area contributed by atoms with E-state index in [-0.39, 0.29) is 23.2 Å². The Hall–Kier alpha value is -3.15. The highest BCUT2D eigenvalue weighted by molar-refractivity contribution is 6.12. The zero-order valence-electron chi connectivity index (χ0n) is 16.9. The van der Waals surface area contributed by atoms with Gasteiger partial charge in [0.2, 0.25) is 0 Å². The maximum atomic E-state index is 13.2. The minimum Gasteiger partial charge on any atom is -0.370 e. The van der Waals surface area contributed by atoms with Gasteiger partial charge in [0.1, 0.15) is 0 Å². The van der Waals surface area contributed by atoms with E-state index in [1.165, 1.54) is 11.1 Å². The number of aromatic nitrogens is 2. The van der Waals surface area contributed by atoms with Crippen LogP contribution < -0.4 is 15.8 Å². The minimum absolute atomic E-state index is 0.140. The largest absolute Gasteiger partial charge is 0.370 e. The highest BCUT2D eigenvalue weighted by Gasteiger charge is 2.20. The quantitative estimate of drug-likeness (QED) is 0.724. The first-order valence-electron chi connectivity index (χ1n) is 10.2. The summed E-state index contributed by atoms with van der Waals surface area (Å²) in [5.74, 6) is -0.306. The predicted octanol–water partition coefficient (Wildman–Crippen LogP) is 4.22. The second-order valence-electron chi connectivity index (χ2n) is 7.76. The summed E-state index contributed by atoms with van der Waals surface area (Å²) < 4.78 is 1.38. The molecule has 0 radical (unpaired) electrons. The van der Waals surface area contributed by atoms with Crippen LogP contribution in [0.2, 0.25) is 0 Å². The van der Waals surface area contributed by atoms with Gasteiger partial charge in [-0.1, -0.05) is 30.3 Å². The SMILES string of the molecule is CC(C)n1nc(C(=O)Nc2ccccc2N2CCCCC2)c2ccccc2c1=O. The first-order chi connectivity index (χ1) is 14.1. The molecule has 150 valence electrons. The van der Waals surface area contributed by atoms with Crippen molar-refractivity contribution < 1.29 is 4.79 Å². The normalized spacial score (nSPS) is 14.4. The van der Waals surface area contributed by atoms with Crippen LogP contribution in [0.15, 0.2) is 53.3 Å². The molecular weight excluding hydrogens is 364 g/mol. The molecule has 3 aromatic rings. The van der Waals surface area contributed by atoms with E-state index < -0.39 is 0 Å². The number of carbonyl (C=O) groups is 1. The molecular formula is C23H26N4O2. The molecule has 1 fully saturated rings. The lowest BCUT2D eigenvalue weighted by Gasteiger charge is -2.30. The number of anilines is 2. The lowest BCUT2D eigenvalue weighted by molar-refractivity contribution is 0.102. The Bertz CT molecular complexity index is 1100. The van der Waals surface area contributed by atoms with Gasteiger partial charge in [0.05, 0.1) is 22.8 Å². The van der Waals surface area contributed by atoms with Crippen LogP contribution >= 0.6 is 0 Å². The number of para-hydroxylation sites is 2. The highest BCUT2D eigenvalue weighted by atomic mass is 16.2. The Morgan fingerprint density at radius 3 is 2.34 bits per heavy atom. The summed E-state index contributed by atoms with van der Waals surface area (Å²) in [7, 11) is 0. The van der Waals surface area contributed by atoms with E-state index in [9.17, 15) is 9.59 Å². The van der Waals surface area contributed by atoms with Gasteiger partial charge in [-0.25, -0.2) is 4.68 Å². The third kappa shape index (κ3) is 3.75. The van der Waals surface area contributed by atoms with Gasteiger partial charge in [-0.05, 0) is 51.3 Å². The van der Waals surface area contributed by atoms with Crippen molar-refractivity contribution in [2.75, 3.05) is 23.3 Å². The standard InChI is InChI=1S/C23H26N4O2/c1-16(2)27-23(29)18-11-5-4-10-17(18)21(25-27)22(28)24-19-12-6-7-13-20(19)26-14-8-3-9-15-26/h4-7,10-13,16H,3,8-9,14-15H2,1-2H3,(H,24,28). The smallest absolute Gasteiger partial charge is 0.276 e. The van der Waals surface area contributed by atoms with Gasteiger partial charge in [0, 0.05) is 18.5 Å². The van der Waals surface area contributed by atoms with Crippen LogP contribution in [0.25, 0.3) is 10.8 Å². The first-order valence-corrected chi connectivity index (χ1v) is 10.2. The Morgan fingerprint density at radius 1 is 0.966 bits per heavy atom. The van der Waals surface area contributed by atoms with Gasteiger partial charge in [-0.3, -0.25) is 9.59 Å². The van der Waals surface area contributed by atoms with E-state index in [0.717, 1.165) is 37.3 Å². The maximum absolute atomic E-state index is 13.2. The summed E-state index contributed by atoms with van der Waals surface area (Å²) in [5.41, 5.74) is 1.89. The fraction of sp³-hybridized carbons (Fsp3) is 0.348. The monoisotopic (exact) mass is 390 g/mol. The third-order valence-electron chi connectivity index (χ3n) is 5.38.